The first kappa shape index (κ1) is 15.0. The van der Waals surface area contributed by atoms with E-state index in [0.717, 1.165) is 12.8 Å². The lowest BCUT2D eigenvalue weighted by atomic mass is 10.1. The fourth-order valence-corrected chi connectivity index (χ4v) is 1.60. The topological polar surface area (TPSA) is 110 Å². The number of hydrogen-bond acceptors (Lipinski definition) is 4. The Balaban J connectivity index is 2.69. The highest BCUT2D eigenvalue weighted by molar-refractivity contribution is 6.01. The lowest BCUT2D eigenvalue weighted by Gasteiger charge is -2.09. The normalized spacial score (nSPS) is 10.0. The van der Waals surface area contributed by atoms with Crippen LogP contribution in [0.2, 0.25) is 0 Å². The largest absolute Gasteiger partial charge is 0.398 e. The van der Waals surface area contributed by atoms with Gasteiger partial charge in [-0.1, -0.05) is 0 Å². The molecule has 1 rings (SSSR count). The second-order valence-electron chi connectivity index (χ2n) is 4.23. The zero-order valence-corrected chi connectivity index (χ0v) is 11.0. The fraction of sp³-hybridized carbons (Fsp3) is 0.385. The Morgan fingerprint density at radius 3 is 2.63 bits per heavy atom. The van der Waals surface area contributed by atoms with Gasteiger partial charge in [0.2, 0.25) is 5.91 Å². The average molecular weight is 264 g/mol. The van der Waals surface area contributed by atoms with Crippen LogP contribution in [0, 0.1) is 0 Å². The Labute approximate surface area is 112 Å². The van der Waals surface area contributed by atoms with Gasteiger partial charge in [0, 0.05) is 24.8 Å². The smallest absolute Gasteiger partial charge is 0.253 e. The third kappa shape index (κ3) is 4.97. The second-order valence-corrected chi connectivity index (χ2v) is 4.23. The molecule has 0 radical (unpaired) electrons. The molecule has 6 heteroatoms. The maximum absolute atomic E-state index is 11.9. The molecule has 0 saturated heterocycles. The first-order valence-electron chi connectivity index (χ1n) is 6.20. The van der Waals surface area contributed by atoms with Gasteiger partial charge in [-0.15, -0.1) is 0 Å². The fourth-order valence-electron chi connectivity index (χ4n) is 1.60. The third-order valence-electron chi connectivity index (χ3n) is 2.53. The van der Waals surface area contributed by atoms with Crippen molar-refractivity contribution in [1.29, 1.82) is 0 Å². The van der Waals surface area contributed by atoms with Crippen molar-refractivity contribution in [2.75, 3.05) is 24.1 Å². The number of nitrogens with two attached hydrogens (primary N) is 2. The van der Waals surface area contributed by atoms with Gasteiger partial charge < -0.3 is 22.1 Å². The molecule has 1 aromatic rings. The number of rotatable bonds is 6. The molecule has 1 aromatic carbocycles. The highest BCUT2D eigenvalue weighted by Crippen LogP contribution is 2.17. The molecule has 104 valence electrons. The van der Waals surface area contributed by atoms with E-state index in [1.54, 1.807) is 18.2 Å². The predicted octanol–water partition coefficient (Wildman–Crippen LogP) is 0.696. The highest BCUT2D eigenvalue weighted by atomic mass is 16.2. The van der Waals surface area contributed by atoms with Crippen LogP contribution in [0.3, 0.4) is 0 Å². The molecule has 0 aliphatic heterocycles. The summed E-state index contributed by atoms with van der Waals surface area (Å²) in [6, 6.07) is 4.82. The first-order valence-corrected chi connectivity index (χ1v) is 6.20. The minimum Gasteiger partial charge on any atom is -0.398 e. The van der Waals surface area contributed by atoms with Crippen molar-refractivity contribution in [2.24, 2.45) is 5.73 Å². The molecule has 6 N–H and O–H groups in total. The number of carbonyl (C=O) groups is 2. The minimum atomic E-state index is -0.248. The Kier molecular flexibility index (Phi) is 5.81. The minimum absolute atomic E-state index is 0.195. The molecule has 2 amide bonds. The number of nitrogens with one attached hydrogen (secondary N) is 2. The number of amides is 2. The highest BCUT2D eigenvalue weighted by Gasteiger charge is 2.10. The number of nitrogen functional groups attached to an aromatic ring is 1. The maximum Gasteiger partial charge on any atom is 0.253 e. The van der Waals surface area contributed by atoms with Crippen LogP contribution < -0.4 is 22.1 Å². The maximum atomic E-state index is 11.9. The van der Waals surface area contributed by atoms with Crippen LogP contribution in [0.4, 0.5) is 11.4 Å². The number of anilines is 2. The monoisotopic (exact) mass is 264 g/mol. The molecule has 0 bridgehead atoms. The van der Waals surface area contributed by atoms with Crippen molar-refractivity contribution in [3.63, 3.8) is 0 Å². The molecule has 0 aliphatic carbocycles. The molecular formula is C13H20N4O2. The van der Waals surface area contributed by atoms with Crippen molar-refractivity contribution in [2.45, 2.75) is 19.8 Å². The van der Waals surface area contributed by atoms with E-state index in [4.69, 9.17) is 11.5 Å². The summed E-state index contributed by atoms with van der Waals surface area (Å²) in [7, 11) is 0. The molecule has 19 heavy (non-hydrogen) atoms. The summed E-state index contributed by atoms with van der Waals surface area (Å²) >= 11 is 0. The van der Waals surface area contributed by atoms with Crippen molar-refractivity contribution >= 4 is 23.2 Å². The summed E-state index contributed by atoms with van der Waals surface area (Å²) in [5.74, 6) is -0.444. The van der Waals surface area contributed by atoms with E-state index in [1.807, 2.05) is 0 Å². The zero-order chi connectivity index (χ0) is 14.3. The summed E-state index contributed by atoms with van der Waals surface area (Å²) in [4.78, 5) is 22.9. The van der Waals surface area contributed by atoms with Crippen LogP contribution in [0.1, 0.15) is 30.1 Å². The summed E-state index contributed by atoms with van der Waals surface area (Å²) in [5, 5.41) is 5.38. The number of hydrogen-bond donors (Lipinski definition) is 4. The van der Waals surface area contributed by atoms with Crippen molar-refractivity contribution in [3.05, 3.63) is 23.8 Å². The van der Waals surface area contributed by atoms with Gasteiger partial charge in [0.15, 0.2) is 0 Å². The van der Waals surface area contributed by atoms with E-state index < -0.39 is 0 Å². The summed E-state index contributed by atoms with van der Waals surface area (Å²) in [6.07, 6.45) is 1.69. The van der Waals surface area contributed by atoms with Gasteiger partial charge in [-0.3, -0.25) is 9.59 Å². The van der Waals surface area contributed by atoms with Crippen LogP contribution in [0.15, 0.2) is 18.2 Å². The molecular weight excluding hydrogens is 244 g/mol. The molecule has 0 fully saturated rings. The van der Waals surface area contributed by atoms with Gasteiger partial charge in [0.05, 0.1) is 5.56 Å². The number of benzene rings is 1. The van der Waals surface area contributed by atoms with E-state index in [1.165, 1.54) is 6.92 Å². The van der Waals surface area contributed by atoms with Crippen LogP contribution in [0.25, 0.3) is 0 Å². The number of unbranched alkanes of at least 4 members (excludes halogenated alkanes) is 1. The van der Waals surface area contributed by atoms with Gasteiger partial charge in [-0.25, -0.2) is 0 Å². The quantitative estimate of drug-likeness (QED) is 0.447. The standard InChI is InChI=1S/C13H20N4O2/c1-9(18)17-10-4-5-12(15)11(8-10)13(19)16-7-3-2-6-14/h4-5,8H,2-3,6-7,14-15H2,1H3,(H,16,19)(H,17,18). The van der Waals surface area contributed by atoms with Crippen molar-refractivity contribution < 1.29 is 9.59 Å². The third-order valence-corrected chi connectivity index (χ3v) is 2.53. The molecule has 0 unspecified atom stereocenters. The molecule has 0 aliphatic rings. The SMILES string of the molecule is CC(=O)Nc1ccc(N)c(C(=O)NCCCCN)c1. The Bertz CT molecular complexity index is 460. The van der Waals surface area contributed by atoms with E-state index in [2.05, 4.69) is 10.6 Å². The average Bonchev–Trinajstić information content (AvgIpc) is 2.36. The number of carbonyl (C=O) groups excluding carboxylic acids is 2. The van der Waals surface area contributed by atoms with Crippen molar-refractivity contribution in [3.8, 4) is 0 Å². The predicted molar refractivity (Wildman–Crippen MR) is 75.8 cm³/mol. The van der Waals surface area contributed by atoms with Crippen LogP contribution in [-0.4, -0.2) is 24.9 Å². The lowest BCUT2D eigenvalue weighted by Crippen LogP contribution is -2.26. The van der Waals surface area contributed by atoms with E-state index >= 15 is 0 Å². The van der Waals surface area contributed by atoms with Gasteiger partial charge >= 0.3 is 0 Å². The Hall–Kier alpha value is -2.08. The molecule has 0 saturated carbocycles. The lowest BCUT2D eigenvalue weighted by molar-refractivity contribution is -0.114. The molecule has 0 atom stereocenters. The zero-order valence-electron chi connectivity index (χ0n) is 11.0. The van der Waals surface area contributed by atoms with Gasteiger partial charge in [-0.05, 0) is 37.6 Å². The van der Waals surface area contributed by atoms with Gasteiger partial charge in [0.1, 0.15) is 0 Å². The summed E-state index contributed by atoms with van der Waals surface area (Å²) < 4.78 is 0. The van der Waals surface area contributed by atoms with Crippen molar-refractivity contribution in [1.82, 2.24) is 5.32 Å². The van der Waals surface area contributed by atoms with E-state index in [0.29, 0.717) is 30.0 Å². The Morgan fingerprint density at radius 2 is 2.00 bits per heavy atom. The molecule has 0 aromatic heterocycles. The molecule has 0 spiro atoms. The summed E-state index contributed by atoms with van der Waals surface area (Å²) in [6.45, 7) is 2.57. The van der Waals surface area contributed by atoms with Crippen LogP contribution in [0.5, 0.6) is 0 Å². The van der Waals surface area contributed by atoms with Crippen LogP contribution in [-0.2, 0) is 4.79 Å². The van der Waals surface area contributed by atoms with E-state index in [9.17, 15) is 9.59 Å². The van der Waals surface area contributed by atoms with E-state index in [-0.39, 0.29) is 11.8 Å². The van der Waals surface area contributed by atoms with Gasteiger partial charge in [-0.2, -0.15) is 0 Å². The van der Waals surface area contributed by atoms with Crippen LogP contribution >= 0.6 is 0 Å². The first-order chi connectivity index (χ1) is 9.04. The molecule has 6 nitrogen and oxygen atoms in total. The Morgan fingerprint density at radius 1 is 1.26 bits per heavy atom. The summed E-state index contributed by atoms with van der Waals surface area (Å²) in [5.41, 5.74) is 12.4. The van der Waals surface area contributed by atoms with Gasteiger partial charge in [0.25, 0.3) is 5.91 Å². The second kappa shape index (κ2) is 7.38. The molecule has 0 heterocycles.